The summed E-state index contributed by atoms with van der Waals surface area (Å²) >= 11 is 0. The van der Waals surface area contributed by atoms with Crippen LogP contribution in [0, 0.1) is 0 Å². The number of ether oxygens (including phenoxy) is 3. The van der Waals surface area contributed by atoms with Crippen molar-refractivity contribution in [3.05, 3.63) is 97.2 Å². The van der Waals surface area contributed by atoms with Crippen molar-refractivity contribution in [2.75, 3.05) is 13.2 Å². The fraction of sp³-hybridized carbons (Fsp3) is 0.703. The Morgan fingerprint density at radius 2 is 0.614 bits per heavy atom. The summed E-state index contributed by atoms with van der Waals surface area (Å²) in [5, 5.41) is 0. The lowest BCUT2D eigenvalue weighted by Crippen LogP contribution is -2.30. The number of carbonyl (C=O) groups is 3. The monoisotopic (exact) mass is 973 g/mol. The van der Waals surface area contributed by atoms with Gasteiger partial charge in [-0.1, -0.05) is 240 Å². The van der Waals surface area contributed by atoms with E-state index in [0.29, 0.717) is 19.3 Å². The molecular weight excluding hydrogens is 865 g/mol. The second kappa shape index (κ2) is 57.9. The third kappa shape index (κ3) is 55.3. The van der Waals surface area contributed by atoms with Gasteiger partial charge in [0.1, 0.15) is 13.2 Å². The maximum atomic E-state index is 12.8. The summed E-state index contributed by atoms with van der Waals surface area (Å²) in [6, 6.07) is 0. The molecule has 0 rings (SSSR count). The minimum Gasteiger partial charge on any atom is -0.462 e. The van der Waals surface area contributed by atoms with Gasteiger partial charge in [0, 0.05) is 19.3 Å². The SMILES string of the molecule is CC/C=C\C/C=C\C/C=C\CCCCCCCCCCCC(=O)OCC(COC(=O)CCCCC/C=C\C=C/CCCCCCCCC)OC(=O)CCC/C=C\C/C=C\C/C=C\CCCCCCCC. The molecule has 0 saturated carbocycles. The van der Waals surface area contributed by atoms with Crippen molar-refractivity contribution in [3.8, 4) is 0 Å². The van der Waals surface area contributed by atoms with E-state index in [-0.39, 0.29) is 37.5 Å². The summed E-state index contributed by atoms with van der Waals surface area (Å²) in [6.45, 7) is 6.46. The normalized spacial score (nSPS) is 12.8. The van der Waals surface area contributed by atoms with E-state index in [0.717, 1.165) is 89.9 Å². The summed E-state index contributed by atoms with van der Waals surface area (Å²) in [6.07, 6.45) is 76.9. The fourth-order valence-corrected chi connectivity index (χ4v) is 7.93. The maximum Gasteiger partial charge on any atom is 0.306 e. The van der Waals surface area contributed by atoms with Crippen LogP contribution in [0.2, 0.25) is 0 Å². The van der Waals surface area contributed by atoms with Crippen LogP contribution in [0.1, 0.15) is 271 Å². The van der Waals surface area contributed by atoms with Crippen LogP contribution < -0.4 is 0 Å². The average molecular weight is 974 g/mol. The van der Waals surface area contributed by atoms with Gasteiger partial charge in [-0.05, 0) is 109 Å². The standard InChI is InChI=1S/C64H108O6/c1-4-7-10-13-16-19-22-25-28-31-32-34-36-39-42-45-48-51-54-57-63(66)69-60-61(59-68-62(65)56-53-50-47-44-41-38-35-30-27-24-21-18-15-12-9-6-3)70-64(67)58-55-52-49-46-43-40-37-33-29-26-23-20-17-14-11-8-5-2/h7,10,16,19,25-26,28-30,35,37-38,40-41,46,49,61H,4-6,8-9,11-15,17-18,20-24,27,31-34,36,39,42-45,47-48,50-60H2,1-3H3/b10-7-,19-16-,28-25-,29-26-,35-30-,40-37-,41-38-,49-46-. The molecule has 6 nitrogen and oxygen atoms in total. The molecule has 0 N–H and O–H groups in total. The Kier molecular flexibility index (Phi) is 54.9. The molecule has 0 bridgehead atoms. The second-order valence-corrected chi connectivity index (χ2v) is 19.2. The van der Waals surface area contributed by atoms with Gasteiger partial charge in [0.05, 0.1) is 0 Å². The first-order chi connectivity index (χ1) is 34.5. The van der Waals surface area contributed by atoms with Gasteiger partial charge in [0.15, 0.2) is 6.10 Å². The first-order valence-electron chi connectivity index (χ1n) is 29.3. The molecule has 6 heteroatoms. The molecule has 0 aliphatic heterocycles. The molecule has 400 valence electrons. The molecule has 0 spiro atoms. The van der Waals surface area contributed by atoms with Crippen molar-refractivity contribution in [2.45, 2.75) is 277 Å². The zero-order valence-corrected chi connectivity index (χ0v) is 45.8. The molecule has 0 amide bonds. The number of hydrogen-bond donors (Lipinski definition) is 0. The second-order valence-electron chi connectivity index (χ2n) is 19.2. The van der Waals surface area contributed by atoms with Gasteiger partial charge in [0.25, 0.3) is 0 Å². The Bertz CT molecular complexity index is 1400. The van der Waals surface area contributed by atoms with E-state index >= 15 is 0 Å². The third-order valence-electron chi connectivity index (χ3n) is 12.3. The number of carbonyl (C=O) groups excluding carboxylic acids is 3. The Hall–Kier alpha value is -3.67. The Labute approximate surface area is 432 Å². The lowest BCUT2D eigenvalue weighted by atomic mass is 10.1. The Morgan fingerprint density at radius 1 is 0.314 bits per heavy atom. The van der Waals surface area contributed by atoms with E-state index in [2.05, 4.69) is 118 Å². The van der Waals surface area contributed by atoms with Crippen LogP contribution in [0.5, 0.6) is 0 Å². The van der Waals surface area contributed by atoms with Crippen LogP contribution in [0.15, 0.2) is 97.2 Å². The largest absolute Gasteiger partial charge is 0.462 e. The van der Waals surface area contributed by atoms with E-state index in [9.17, 15) is 14.4 Å². The minimum absolute atomic E-state index is 0.109. The van der Waals surface area contributed by atoms with Crippen molar-refractivity contribution < 1.29 is 28.6 Å². The summed E-state index contributed by atoms with van der Waals surface area (Å²) in [7, 11) is 0. The van der Waals surface area contributed by atoms with E-state index < -0.39 is 6.10 Å². The molecule has 1 atom stereocenters. The topological polar surface area (TPSA) is 78.9 Å². The molecule has 0 aliphatic rings. The predicted octanol–water partition coefficient (Wildman–Crippen LogP) is 19.7. The zero-order valence-electron chi connectivity index (χ0n) is 45.8. The Morgan fingerprint density at radius 3 is 1.01 bits per heavy atom. The maximum absolute atomic E-state index is 12.8. The van der Waals surface area contributed by atoms with Gasteiger partial charge >= 0.3 is 17.9 Å². The molecule has 0 aromatic rings. The summed E-state index contributed by atoms with van der Waals surface area (Å²) in [4.78, 5) is 38.2. The fourth-order valence-electron chi connectivity index (χ4n) is 7.93. The summed E-state index contributed by atoms with van der Waals surface area (Å²) < 4.78 is 16.8. The molecular formula is C64H108O6. The predicted molar refractivity (Wildman–Crippen MR) is 302 cm³/mol. The molecule has 0 aromatic heterocycles. The highest BCUT2D eigenvalue weighted by atomic mass is 16.6. The molecule has 0 saturated heterocycles. The van der Waals surface area contributed by atoms with Crippen LogP contribution in [-0.4, -0.2) is 37.2 Å². The van der Waals surface area contributed by atoms with Crippen molar-refractivity contribution in [1.82, 2.24) is 0 Å². The molecule has 0 aromatic carbocycles. The number of rotatable bonds is 52. The Balaban J connectivity index is 4.50. The van der Waals surface area contributed by atoms with Gasteiger partial charge in [-0.3, -0.25) is 14.4 Å². The lowest BCUT2D eigenvalue weighted by Gasteiger charge is -2.18. The van der Waals surface area contributed by atoms with Gasteiger partial charge in [0.2, 0.25) is 0 Å². The molecule has 1 unspecified atom stereocenters. The zero-order chi connectivity index (χ0) is 50.7. The first-order valence-corrected chi connectivity index (χ1v) is 29.3. The van der Waals surface area contributed by atoms with Crippen molar-refractivity contribution >= 4 is 17.9 Å². The summed E-state index contributed by atoms with van der Waals surface area (Å²) in [5.74, 6) is -0.991. The highest BCUT2D eigenvalue weighted by molar-refractivity contribution is 5.71. The van der Waals surface area contributed by atoms with Gasteiger partial charge in [-0.2, -0.15) is 0 Å². The summed E-state index contributed by atoms with van der Waals surface area (Å²) in [5.41, 5.74) is 0. The van der Waals surface area contributed by atoms with Crippen LogP contribution in [0.25, 0.3) is 0 Å². The third-order valence-corrected chi connectivity index (χ3v) is 12.3. The minimum atomic E-state index is -0.818. The molecule has 70 heavy (non-hydrogen) atoms. The van der Waals surface area contributed by atoms with Crippen molar-refractivity contribution in [2.24, 2.45) is 0 Å². The molecule has 0 aliphatic carbocycles. The van der Waals surface area contributed by atoms with E-state index in [1.807, 2.05) is 0 Å². The molecule has 0 heterocycles. The number of unbranched alkanes of at least 4 members (excludes halogenated alkanes) is 26. The first kappa shape index (κ1) is 66.3. The van der Waals surface area contributed by atoms with Crippen molar-refractivity contribution in [1.29, 1.82) is 0 Å². The number of esters is 3. The molecule has 0 fully saturated rings. The van der Waals surface area contributed by atoms with Gasteiger partial charge in [-0.25, -0.2) is 0 Å². The van der Waals surface area contributed by atoms with E-state index in [1.165, 1.54) is 135 Å². The van der Waals surface area contributed by atoms with Gasteiger partial charge < -0.3 is 14.2 Å². The number of allylic oxidation sites excluding steroid dienone is 16. The highest BCUT2D eigenvalue weighted by Crippen LogP contribution is 2.14. The lowest BCUT2D eigenvalue weighted by molar-refractivity contribution is -0.167. The van der Waals surface area contributed by atoms with Crippen LogP contribution in [0.4, 0.5) is 0 Å². The van der Waals surface area contributed by atoms with Gasteiger partial charge in [-0.15, -0.1) is 0 Å². The highest BCUT2D eigenvalue weighted by Gasteiger charge is 2.19. The average Bonchev–Trinajstić information content (AvgIpc) is 3.36. The van der Waals surface area contributed by atoms with E-state index in [1.54, 1.807) is 0 Å². The van der Waals surface area contributed by atoms with E-state index in [4.69, 9.17) is 14.2 Å². The van der Waals surface area contributed by atoms with Crippen LogP contribution >= 0.6 is 0 Å². The van der Waals surface area contributed by atoms with Crippen LogP contribution in [0.3, 0.4) is 0 Å². The number of hydrogen-bond acceptors (Lipinski definition) is 6. The van der Waals surface area contributed by atoms with Crippen molar-refractivity contribution in [3.63, 3.8) is 0 Å². The quantitative estimate of drug-likeness (QED) is 0.0199. The van der Waals surface area contributed by atoms with Crippen LogP contribution in [-0.2, 0) is 28.6 Å². The smallest absolute Gasteiger partial charge is 0.306 e. The molecule has 0 radical (unpaired) electrons.